The molecule has 0 aliphatic carbocycles. The van der Waals surface area contributed by atoms with E-state index in [-0.39, 0.29) is 5.91 Å². The van der Waals surface area contributed by atoms with Gasteiger partial charge in [0.25, 0.3) is 5.91 Å². The first-order valence-corrected chi connectivity index (χ1v) is 10.2. The van der Waals surface area contributed by atoms with Crippen molar-refractivity contribution in [3.05, 3.63) is 65.6 Å². The molecule has 1 saturated heterocycles. The third kappa shape index (κ3) is 4.32. The summed E-state index contributed by atoms with van der Waals surface area (Å²) < 4.78 is 13.6. The molecule has 2 unspecified atom stereocenters. The molecular weight excluding hydrogens is 406 g/mol. The topological polar surface area (TPSA) is 76.4 Å². The number of anilines is 1. The molecule has 8 nitrogen and oxygen atoms in total. The number of amides is 1. The summed E-state index contributed by atoms with van der Waals surface area (Å²) in [7, 11) is 2.12. The van der Waals surface area contributed by atoms with Crippen LogP contribution in [0.4, 0.5) is 10.2 Å². The van der Waals surface area contributed by atoms with Crippen molar-refractivity contribution in [1.29, 1.82) is 0 Å². The van der Waals surface area contributed by atoms with E-state index in [1.54, 1.807) is 40.7 Å². The first-order chi connectivity index (χ1) is 14.5. The Kier molecular flexibility index (Phi) is 6.01. The smallest absolute Gasteiger partial charge is 0.256 e. The third-order valence-corrected chi connectivity index (χ3v) is 5.21. The van der Waals surface area contributed by atoms with Gasteiger partial charge in [0, 0.05) is 19.3 Å². The first-order valence-electron chi connectivity index (χ1n) is 9.55. The number of pyridine rings is 1. The second-order valence-electron chi connectivity index (χ2n) is 6.92. The fraction of sp³-hybridized carbons (Fsp3) is 0.300. The lowest BCUT2D eigenvalue weighted by atomic mass is 10.1. The first kappa shape index (κ1) is 20.4. The molecule has 3 aromatic rings. The van der Waals surface area contributed by atoms with E-state index in [0.29, 0.717) is 48.9 Å². The number of alkyl halides is 1. The van der Waals surface area contributed by atoms with Gasteiger partial charge in [-0.1, -0.05) is 20.9 Å². The maximum Gasteiger partial charge on any atom is 0.256 e. The highest BCUT2D eigenvalue weighted by Gasteiger charge is 2.25. The number of halogens is 1. The van der Waals surface area contributed by atoms with E-state index < -0.39 is 5.91 Å². The van der Waals surface area contributed by atoms with Gasteiger partial charge in [0.05, 0.1) is 36.8 Å². The average Bonchev–Trinajstić information content (AvgIpc) is 3.17. The number of benzene rings is 1. The molecule has 1 aliphatic rings. The minimum atomic E-state index is -1.17. The fourth-order valence-electron chi connectivity index (χ4n) is 3.28. The number of hydrogen-bond acceptors (Lipinski definition) is 6. The normalized spacial score (nSPS) is 15.7. The van der Waals surface area contributed by atoms with Gasteiger partial charge in [-0.25, -0.2) is 14.4 Å². The Morgan fingerprint density at radius 1 is 1.13 bits per heavy atom. The Balaban J connectivity index is 1.54. The van der Waals surface area contributed by atoms with Crippen LogP contribution in [0.25, 0.3) is 5.69 Å². The molecule has 1 fully saturated rings. The van der Waals surface area contributed by atoms with Gasteiger partial charge in [-0.05, 0) is 36.8 Å². The van der Waals surface area contributed by atoms with Crippen LogP contribution in [-0.4, -0.2) is 57.0 Å². The van der Waals surface area contributed by atoms with Crippen molar-refractivity contribution in [3.8, 4) is 5.69 Å². The molecule has 3 heterocycles. The van der Waals surface area contributed by atoms with Crippen LogP contribution in [-0.2, 0) is 4.84 Å². The summed E-state index contributed by atoms with van der Waals surface area (Å²) in [6.07, 6.45) is 4.70. The second kappa shape index (κ2) is 8.85. The number of hydroxylamine groups is 1. The third-order valence-electron chi connectivity index (χ3n) is 4.83. The predicted octanol–water partition coefficient (Wildman–Crippen LogP) is 2.71. The largest absolute Gasteiger partial charge is 0.334 e. The minimum Gasteiger partial charge on any atom is -0.334 e. The number of hydrogen-bond donors (Lipinski definition) is 0. The van der Waals surface area contributed by atoms with Crippen LogP contribution in [0.1, 0.15) is 27.4 Å². The lowest BCUT2D eigenvalue weighted by Gasteiger charge is -2.22. The van der Waals surface area contributed by atoms with Gasteiger partial charge in [0.2, 0.25) is 0 Å². The number of aryl methyl sites for hydroxylation is 1. The molecule has 1 amide bonds. The van der Waals surface area contributed by atoms with Crippen LogP contribution < -0.4 is 5.06 Å². The maximum absolute atomic E-state index is 13.6. The van der Waals surface area contributed by atoms with E-state index >= 15 is 0 Å². The van der Waals surface area contributed by atoms with Crippen LogP contribution in [0.5, 0.6) is 0 Å². The Morgan fingerprint density at radius 2 is 1.93 bits per heavy atom. The summed E-state index contributed by atoms with van der Waals surface area (Å²) in [6.45, 7) is 3.51. The van der Waals surface area contributed by atoms with Gasteiger partial charge in [-0.2, -0.15) is 15.0 Å². The predicted molar refractivity (Wildman–Crippen MR) is 113 cm³/mol. The highest BCUT2D eigenvalue weighted by molar-refractivity contribution is 7.16. The van der Waals surface area contributed by atoms with Gasteiger partial charge in [-0.15, -0.1) is 0 Å². The molecule has 1 aliphatic heterocycles. The van der Waals surface area contributed by atoms with Gasteiger partial charge >= 0.3 is 0 Å². The summed E-state index contributed by atoms with van der Waals surface area (Å²) in [6, 6.07) is 8.88. The Hall–Kier alpha value is -2.90. The summed E-state index contributed by atoms with van der Waals surface area (Å²) in [4.78, 5) is 26.6. The summed E-state index contributed by atoms with van der Waals surface area (Å²) in [5.41, 5.74) is 2.63. The van der Waals surface area contributed by atoms with Crippen LogP contribution in [0.3, 0.4) is 0 Å². The van der Waals surface area contributed by atoms with Crippen molar-refractivity contribution < 1.29 is 14.0 Å². The molecule has 0 bridgehead atoms. The Bertz CT molecular complexity index is 1030. The van der Waals surface area contributed by atoms with E-state index in [9.17, 15) is 9.18 Å². The zero-order chi connectivity index (χ0) is 21.1. The van der Waals surface area contributed by atoms with Crippen molar-refractivity contribution >= 4 is 21.0 Å². The number of nitrogens with zero attached hydrogens (tertiary/aromatic N) is 6. The van der Waals surface area contributed by atoms with Crippen LogP contribution in [0, 0.1) is 6.92 Å². The molecule has 30 heavy (non-hydrogen) atoms. The van der Waals surface area contributed by atoms with Gasteiger partial charge in [0.15, 0.2) is 5.82 Å². The minimum absolute atomic E-state index is 0.119. The molecule has 2 aromatic heterocycles. The van der Waals surface area contributed by atoms with E-state index in [4.69, 9.17) is 4.84 Å². The second-order valence-corrected chi connectivity index (χ2v) is 7.50. The van der Waals surface area contributed by atoms with E-state index in [1.165, 1.54) is 4.80 Å². The van der Waals surface area contributed by atoms with Gasteiger partial charge in [0.1, 0.15) is 5.91 Å². The number of aromatic nitrogens is 4. The Labute approximate surface area is 175 Å². The molecule has 0 saturated carbocycles. The van der Waals surface area contributed by atoms with Crippen molar-refractivity contribution in [2.24, 2.45) is 0 Å². The van der Waals surface area contributed by atoms with E-state index in [1.807, 2.05) is 25.1 Å². The van der Waals surface area contributed by atoms with E-state index in [2.05, 4.69) is 24.4 Å². The maximum atomic E-state index is 13.6. The van der Waals surface area contributed by atoms with Crippen molar-refractivity contribution in [1.82, 2.24) is 24.9 Å². The van der Waals surface area contributed by atoms with Crippen molar-refractivity contribution in [2.75, 3.05) is 31.3 Å². The zero-order valence-corrected chi connectivity index (χ0v) is 17.6. The zero-order valence-electron chi connectivity index (χ0n) is 16.5. The molecule has 2 atom stereocenters. The highest BCUT2D eigenvalue weighted by Crippen LogP contribution is 2.27. The summed E-state index contributed by atoms with van der Waals surface area (Å²) in [5, 5.41) is 9.92. The van der Waals surface area contributed by atoms with E-state index in [0.717, 1.165) is 5.56 Å². The lowest BCUT2D eigenvalue weighted by molar-refractivity contribution is 0.0730. The van der Waals surface area contributed by atoms with Gasteiger partial charge < -0.3 is 4.90 Å². The highest BCUT2D eigenvalue weighted by atomic mass is 31.0. The molecular formula is C20H22FN6O2P. The van der Waals surface area contributed by atoms with Gasteiger partial charge in [-0.3, -0.25) is 9.63 Å². The number of carbonyl (C=O) groups excluding carboxylic acids is 1. The van der Waals surface area contributed by atoms with Crippen LogP contribution in [0.2, 0.25) is 0 Å². The standard InChI is InChI=1S/C20H22FN6O2P/c1-14-2-3-17(27-23-6-7-24-27)16(12-14)20(28)25-8-9-26(29-11-10-25)18-13-15(19(21)30)4-5-22-18/h2-7,12-13,19H,8-11,30H2,1H3. The molecule has 4 rings (SSSR count). The lowest BCUT2D eigenvalue weighted by Crippen LogP contribution is -2.36. The van der Waals surface area contributed by atoms with Crippen LogP contribution in [0.15, 0.2) is 48.9 Å². The SMILES string of the molecule is Cc1ccc(-n2nccn2)c(C(=O)N2CCON(c3cc(C(F)P)ccn3)CC2)c1. The fourth-order valence-corrected chi connectivity index (χ4v) is 3.49. The Morgan fingerprint density at radius 3 is 2.70 bits per heavy atom. The average molecular weight is 428 g/mol. The van der Waals surface area contributed by atoms with Crippen LogP contribution >= 0.6 is 9.24 Å². The summed E-state index contributed by atoms with van der Waals surface area (Å²) in [5.74, 6) is -0.775. The molecule has 0 spiro atoms. The molecule has 156 valence electrons. The molecule has 0 radical (unpaired) electrons. The molecule has 1 aromatic carbocycles. The quantitative estimate of drug-likeness (QED) is 0.595. The molecule has 10 heteroatoms. The number of carbonyl (C=O) groups is 1. The molecule has 0 N–H and O–H groups in total. The monoisotopic (exact) mass is 428 g/mol. The number of rotatable bonds is 4. The van der Waals surface area contributed by atoms with Crippen molar-refractivity contribution in [3.63, 3.8) is 0 Å². The summed E-state index contributed by atoms with van der Waals surface area (Å²) >= 11 is 0. The van der Waals surface area contributed by atoms with Crippen molar-refractivity contribution in [2.45, 2.75) is 12.8 Å².